The highest BCUT2D eigenvalue weighted by Gasteiger charge is 2.31. The van der Waals surface area contributed by atoms with Gasteiger partial charge < -0.3 is 10.2 Å². The molecule has 0 saturated heterocycles. The van der Waals surface area contributed by atoms with Gasteiger partial charge in [0.15, 0.2) is 0 Å². The molecule has 4 rings (SSSR count). The van der Waals surface area contributed by atoms with E-state index in [1.165, 1.54) is 0 Å². The van der Waals surface area contributed by atoms with Crippen LogP contribution in [0.1, 0.15) is 48.6 Å². The Balaban J connectivity index is 1.68. The van der Waals surface area contributed by atoms with E-state index in [9.17, 15) is 9.59 Å². The summed E-state index contributed by atoms with van der Waals surface area (Å²) < 4.78 is 1.61. The first-order chi connectivity index (χ1) is 18.3. The zero-order chi connectivity index (χ0) is 27.1. The van der Waals surface area contributed by atoms with Crippen molar-refractivity contribution in [1.29, 1.82) is 0 Å². The van der Waals surface area contributed by atoms with E-state index in [0.29, 0.717) is 25.4 Å². The van der Waals surface area contributed by atoms with Gasteiger partial charge in [0.05, 0.1) is 5.52 Å². The average molecular weight is 512 g/mol. The Morgan fingerprint density at radius 3 is 2.39 bits per heavy atom. The van der Waals surface area contributed by atoms with Gasteiger partial charge in [-0.2, -0.15) is 0 Å². The van der Waals surface area contributed by atoms with Crippen LogP contribution in [-0.4, -0.2) is 44.8 Å². The van der Waals surface area contributed by atoms with Crippen molar-refractivity contribution < 1.29 is 9.59 Å². The zero-order valence-corrected chi connectivity index (χ0v) is 22.7. The number of aryl methyl sites for hydroxylation is 2. The van der Waals surface area contributed by atoms with Crippen molar-refractivity contribution in [2.24, 2.45) is 5.92 Å². The van der Waals surface area contributed by atoms with Crippen LogP contribution in [0, 0.1) is 19.8 Å². The minimum Gasteiger partial charge on any atom is -0.354 e. The number of carbonyl (C=O) groups excluding carboxylic acids is 2. The van der Waals surface area contributed by atoms with Crippen molar-refractivity contribution in [3.8, 4) is 0 Å². The molecule has 0 aliphatic heterocycles. The van der Waals surface area contributed by atoms with E-state index in [0.717, 1.165) is 39.7 Å². The predicted octanol–water partition coefficient (Wildman–Crippen LogP) is 5.02. The molecular weight excluding hydrogens is 474 g/mol. The number of benzene rings is 3. The first-order valence-electron chi connectivity index (χ1n) is 13.3. The molecule has 7 heteroatoms. The van der Waals surface area contributed by atoms with E-state index in [4.69, 9.17) is 0 Å². The van der Waals surface area contributed by atoms with Crippen LogP contribution in [0.4, 0.5) is 0 Å². The van der Waals surface area contributed by atoms with Crippen LogP contribution in [0.5, 0.6) is 0 Å². The highest BCUT2D eigenvalue weighted by Crippen LogP contribution is 2.24. The molecule has 1 N–H and O–H groups in total. The van der Waals surface area contributed by atoms with Crippen molar-refractivity contribution in [2.75, 3.05) is 13.1 Å². The van der Waals surface area contributed by atoms with E-state index >= 15 is 0 Å². The minimum atomic E-state index is -0.755. The van der Waals surface area contributed by atoms with Gasteiger partial charge in [0.1, 0.15) is 18.1 Å². The number of rotatable bonds is 11. The number of aromatic nitrogens is 3. The van der Waals surface area contributed by atoms with Crippen LogP contribution < -0.4 is 5.32 Å². The Morgan fingerprint density at radius 2 is 1.66 bits per heavy atom. The molecule has 0 spiro atoms. The molecule has 4 aromatic rings. The van der Waals surface area contributed by atoms with E-state index in [1.54, 1.807) is 9.58 Å². The largest absolute Gasteiger partial charge is 0.354 e. The van der Waals surface area contributed by atoms with E-state index in [-0.39, 0.29) is 18.4 Å². The Hall–Kier alpha value is -4.00. The molecule has 0 aliphatic carbocycles. The van der Waals surface area contributed by atoms with Gasteiger partial charge in [-0.3, -0.25) is 9.59 Å². The number of hydrogen-bond donors (Lipinski definition) is 1. The molecule has 2 amide bonds. The van der Waals surface area contributed by atoms with Crippen molar-refractivity contribution in [1.82, 2.24) is 25.2 Å². The fourth-order valence-corrected chi connectivity index (χ4v) is 4.58. The third-order valence-corrected chi connectivity index (χ3v) is 6.88. The molecule has 7 nitrogen and oxygen atoms in total. The smallest absolute Gasteiger partial charge is 0.247 e. The van der Waals surface area contributed by atoms with Gasteiger partial charge in [-0.05, 0) is 61.4 Å². The Bertz CT molecular complexity index is 1380. The number of para-hydroxylation sites is 1. The number of nitrogens with zero attached hydrogens (tertiary/aromatic N) is 4. The van der Waals surface area contributed by atoms with Gasteiger partial charge in [0.25, 0.3) is 0 Å². The van der Waals surface area contributed by atoms with Crippen LogP contribution >= 0.6 is 0 Å². The molecule has 38 heavy (non-hydrogen) atoms. The monoisotopic (exact) mass is 511 g/mol. The van der Waals surface area contributed by atoms with E-state index in [1.807, 2.05) is 67.6 Å². The maximum absolute atomic E-state index is 14.0. The third kappa shape index (κ3) is 6.65. The SMILES string of the molecule is Cc1ccc(C(C(=O)NCCC(C)C)N(CCc2ccccc2C)C(=O)Cn2nnc3ccccc32)cc1. The maximum Gasteiger partial charge on any atom is 0.247 e. The molecule has 198 valence electrons. The van der Waals surface area contributed by atoms with E-state index < -0.39 is 6.04 Å². The van der Waals surface area contributed by atoms with Crippen molar-refractivity contribution in [2.45, 2.75) is 53.1 Å². The molecular formula is C31H37N5O2. The summed E-state index contributed by atoms with van der Waals surface area (Å²) in [5, 5.41) is 11.5. The van der Waals surface area contributed by atoms with Crippen LogP contribution in [0.3, 0.4) is 0 Å². The quantitative estimate of drug-likeness (QED) is 0.307. The van der Waals surface area contributed by atoms with Crippen molar-refractivity contribution in [3.05, 3.63) is 95.1 Å². The fraction of sp³-hybridized carbons (Fsp3) is 0.355. The van der Waals surface area contributed by atoms with Gasteiger partial charge in [-0.15, -0.1) is 5.10 Å². The summed E-state index contributed by atoms with van der Waals surface area (Å²) in [4.78, 5) is 29.4. The number of fused-ring (bicyclic) bond motifs is 1. The highest BCUT2D eigenvalue weighted by atomic mass is 16.2. The highest BCUT2D eigenvalue weighted by molar-refractivity contribution is 5.89. The zero-order valence-electron chi connectivity index (χ0n) is 22.7. The molecule has 3 aromatic carbocycles. The Kier molecular flexibility index (Phi) is 8.89. The van der Waals surface area contributed by atoms with Crippen LogP contribution in [0.25, 0.3) is 11.0 Å². The van der Waals surface area contributed by atoms with E-state index in [2.05, 4.69) is 48.5 Å². The van der Waals surface area contributed by atoms with Crippen LogP contribution in [-0.2, 0) is 22.6 Å². The lowest BCUT2D eigenvalue weighted by molar-refractivity contribution is -0.141. The standard InChI is InChI=1S/C31H37N5O2/c1-22(2)17-19-32-31(38)30(26-15-13-23(3)14-16-26)35(20-18-25-10-6-5-9-24(25)4)29(37)21-36-28-12-8-7-11-27(28)33-34-36/h5-16,22,30H,17-21H2,1-4H3,(H,32,38). The first kappa shape index (κ1) is 27.0. The van der Waals surface area contributed by atoms with Gasteiger partial charge in [-0.1, -0.05) is 85.3 Å². The summed E-state index contributed by atoms with van der Waals surface area (Å²) in [5.41, 5.74) is 5.72. The number of amides is 2. The second kappa shape index (κ2) is 12.5. The molecule has 0 saturated carbocycles. The van der Waals surface area contributed by atoms with Crippen LogP contribution in [0.15, 0.2) is 72.8 Å². The van der Waals surface area contributed by atoms with Crippen LogP contribution in [0.2, 0.25) is 0 Å². The van der Waals surface area contributed by atoms with Gasteiger partial charge >= 0.3 is 0 Å². The summed E-state index contributed by atoms with van der Waals surface area (Å²) in [5.74, 6) is 0.113. The Morgan fingerprint density at radius 1 is 0.947 bits per heavy atom. The molecule has 1 aromatic heterocycles. The number of nitrogens with one attached hydrogen (secondary N) is 1. The summed E-state index contributed by atoms with van der Waals surface area (Å²) in [6, 6.07) is 22.8. The molecule has 1 unspecified atom stereocenters. The lowest BCUT2D eigenvalue weighted by atomic mass is 10.0. The second-order valence-electron chi connectivity index (χ2n) is 10.3. The summed E-state index contributed by atoms with van der Waals surface area (Å²) >= 11 is 0. The topological polar surface area (TPSA) is 80.1 Å². The molecule has 0 radical (unpaired) electrons. The second-order valence-corrected chi connectivity index (χ2v) is 10.3. The summed E-state index contributed by atoms with van der Waals surface area (Å²) in [7, 11) is 0. The van der Waals surface area contributed by atoms with Gasteiger partial charge in [0.2, 0.25) is 11.8 Å². The predicted molar refractivity (Wildman–Crippen MR) is 151 cm³/mol. The summed E-state index contributed by atoms with van der Waals surface area (Å²) in [6.45, 7) is 9.29. The molecule has 0 fully saturated rings. The molecule has 1 heterocycles. The fourth-order valence-electron chi connectivity index (χ4n) is 4.58. The third-order valence-electron chi connectivity index (χ3n) is 6.88. The van der Waals surface area contributed by atoms with Gasteiger partial charge in [-0.25, -0.2) is 4.68 Å². The lowest BCUT2D eigenvalue weighted by Gasteiger charge is -2.32. The summed E-state index contributed by atoms with van der Waals surface area (Å²) in [6.07, 6.45) is 1.51. The average Bonchev–Trinajstić information content (AvgIpc) is 3.30. The normalized spacial score (nSPS) is 12.0. The van der Waals surface area contributed by atoms with Crippen molar-refractivity contribution >= 4 is 22.8 Å². The van der Waals surface area contributed by atoms with Crippen molar-refractivity contribution in [3.63, 3.8) is 0 Å². The first-order valence-corrected chi connectivity index (χ1v) is 13.3. The number of carbonyl (C=O) groups is 2. The molecule has 1 atom stereocenters. The minimum absolute atomic E-state index is 0.00405. The van der Waals surface area contributed by atoms with Gasteiger partial charge in [0, 0.05) is 13.1 Å². The number of hydrogen-bond acceptors (Lipinski definition) is 4. The lowest BCUT2D eigenvalue weighted by Crippen LogP contribution is -2.46. The Labute approximate surface area is 224 Å². The molecule has 0 aliphatic rings. The maximum atomic E-state index is 14.0. The molecule has 0 bridgehead atoms.